The average molecular weight is 441 g/mol. The fraction of sp³-hybridized carbons (Fsp3) is 0.423. The number of Topliss-reactive ketones (excluding diaryl/α,β-unsaturated/α-hetero) is 1. The monoisotopic (exact) mass is 440 g/mol. The maximum Gasteiger partial charge on any atom is 0.163 e. The summed E-state index contributed by atoms with van der Waals surface area (Å²) in [6.45, 7) is 3.63. The lowest BCUT2D eigenvalue weighted by Gasteiger charge is -2.37. The van der Waals surface area contributed by atoms with Crippen LogP contribution in [0, 0.1) is 11.3 Å². The number of hydrogen-bond donors (Lipinski definition) is 1. The first-order valence-corrected chi connectivity index (χ1v) is 11.9. The number of fused-ring (bicyclic) bond motifs is 2. The first-order chi connectivity index (χ1) is 16.1. The lowest BCUT2D eigenvalue weighted by atomic mass is 9.87. The van der Waals surface area contributed by atoms with Gasteiger partial charge in [-0.15, -0.1) is 0 Å². The Morgan fingerprint density at radius 3 is 2.61 bits per heavy atom. The van der Waals surface area contributed by atoms with Crippen LogP contribution in [0.1, 0.15) is 46.8 Å². The summed E-state index contributed by atoms with van der Waals surface area (Å²) in [4.78, 5) is 21.7. The van der Waals surface area contributed by atoms with Crippen LogP contribution < -0.4 is 15.1 Å². The molecule has 1 aliphatic heterocycles. The normalized spacial score (nSPS) is 22.4. The molecular formula is C26H28N6O. The maximum atomic E-state index is 11.9. The number of piperazine rings is 1. The summed E-state index contributed by atoms with van der Waals surface area (Å²) in [7, 11) is 2.01. The van der Waals surface area contributed by atoms with E-state index in [9.17, 15) is 10.1 Å². The van der Waals surface area contributed by atoms with Crippen LogP contribution in [0.25, 0.3) is 11.0 Å². The van der Waals surface area contributed by atoms with Gasteiger partial charge in [-0.2, -0.15) is 5.26 Å². The van der Waals surface area contributed by atoms with E-state index in [4.69, 9.17) is 4.98 Å². The van der Waals surface area contributed by atoms with Gasteiger partial charge in [-0.25, -0.2) is 4.98 Å². The number of carbonyl (C=O) groups excluding carboxylic acids is 1. The summed E-state index contributed by atoms with van der Waals surface area (Å²) in [6.07, 6.45) is 5.64. The summed E-state index contributed by atoms with van der Waals surface area (Å²) in [5.74, 6) is 1.26. The molecule has 3 aliphatic rings. The van der Waals surface area contributed by atoms with Crippen molar-refractivity contribution in [3.63, 3.8) is 0 Å². The summed E-state index contributed by atoms with van der Waals surface area (Å²) in [6, 6.07) is 13.7. The predicted molar refractivity (Wildman–Crippen MR) is 129 cm³/mol. The van der Waals surface area contributed by atoms with Gasteiger partial charge in [0.05, 0.1) is 5.56 Å². The van der Waals surface area contributed by atoms with Gasteiger partial charge in [0.1, 0.15) is 17.5 Å². The van der Waals surface area contributed by atoms with E-state index in [1.165, 1.54) is 11.3 Å². The molecule has 0 atom stereocenters. The molecule has 1 aromatic carbocycles. The molecule has 0 radical (unpaired) electrons. The molecule has 33 heavy (non-hydrogen) atoms. The molecule has 1 saturated carbocycles. The standard InChI is InChI=1S/C26H28N6O/c1-28-19-13-21(14-19)32-16-18(15-27)23-5-7-25(29-26(23)32)31-10-8-30(9-11-31)20-3-4-22-17(12-20)2-6-24(22)33/h3-5,7,12,16,19,21,28H,2,6,8-11,13-14H2,1H3. The third-order valence-corrected chi connectivity index (χ3v) is 7.68. The number of benzene rings is 1. The van der Waals surface area contributed by atoms with Crippen molar-refractivity contribution in [2.24, 2.45) is 0 Å². The number of carbonyl (C=O) groups is 1. The average Bonchev–Trinajstić information content (AvgIpc) is 3.38. The van der Waals surface area contributed by atoms with Gasteiger partial charge >= 0.3 is 0 Å². The molecule has 2 aromatic heterocycles. The minimum absolute atomic E-state index is 0.274. The largest absolute Gasteiger partial charge is 0.368 e. The molecular weight excluding hydrogens is 412 g/mol. The molecule has 3 heterocycles. The van der Waals surface area contributed by atoms with E-state index < -0.39 is 0 Å². The fourth-order valence-corrected chi connectivity index (χ4v) is 5.54. The van der Waals surface area contributed by atoms with Gasteiger partial charge in [-0.3, -0.25) is 4.79 Å². The van der Waals surface area contributed by atoms with Crippen LogP contribution in [0.4, 0.5) is 11.5 Å². The summed E-state index contributed by atoms with van der Waals surface area (Å²) >= 11 is 0. The van der Waals surface area contributed by atoms with Gasteiger partial charge in [0.25, 0.3) is 0 Å². The van der Waals surface area contributed by atoms with E-state index >= 15 is 0 Å². The van der Waals surface area contributed by atoms with Crippen molar-refractivity contribution in [3.8, 4) is 6.07 Å². The molecule has 1 saturated heterocycles. The Hall–Kier alpha value is -3.37. The first-order valence-electron chi connectivity index (χ1n) is 11.9. The topological polar surface area (TPSA) is 77.2 Å². The molecule has 0 unspecified atom stereocenters. The van der Waals surface area contributed by atoms with Crippen molar-refractivity contribution in [2.75, 3.05) is 43.0 Å². The molecule has 0 spiro atoms. The van der Waals surface area contributed by atoms with E-state index in [1.54, 1.807) is 0 Å². The molecule has 3 aromatic rings. The van der Waals surface area contributed by atoms with Crippen LogP contribution in [0.5, 0.6) is 0 Å². The molecule has 0 amide bonds. The smallest absolute Gasteiger partial charge is 0.163 e. The number of pyridine rings is 1. The van der Waals surface area contributed by atoms with E-state index in [2.05, 4.69) is 50.0 Å². The van der Waals surface area contributed by atoms with E-state index in [0.717, 1.165) is 67.9 Å². The zero-order valence-electron chi connectivity index (χ0n) is 18.9. The highest BCUT2D eigenvalue weighted by molar-refractivity contribution is 6.00. The summed E-state index contributed by atoms with van der Waals surface area (Å²) < 4.78 is 2.22. The predicted octanol–water partition coefficient (Wildman–Crippen LogP) is 3.29. The van der Waals surface area contributed by atoms with Gasteiger partial charge in [0.2, 0.25) is 0 Å². The van der Waals surface area contributed by atoms with Gasteiger partial charge in [0, 0.05) is 67.5 Å². The molecule has 2 fully saturated rings. The minimum atomic E-state index is 0.274. The molecule has 0 bridgehead atoms. The highest BCUT2D eigenvalue weighted by atomic mass is 16.1. The third-order valence-electron chi connectivity index (χ3n) is 7.68. The van der Waals surface area contributed by atoms with Crippen molar-refractivity contribution in [1.29, 1.82) is 5.26 Å². The number of aryl methyl sites for hydroxylation is 1. The third kappa shape index (κ3) is 3.37. The first kappa shape index (κ1) is 20.3. The van der Waals surface area contributed by atoms with Crippen LogP contribution in [0.15, 0.2) is 36.5 Å². The van der Waals surface area contributed by atoms with Crippen molar-refractivity contribution < 1.29 is 4.79 Å². The SMILES string of the molecule is CNC1CC(n2cc(C#N)c3ccc(N4CCN(c5ccc6c(c5)CCC6=O)CC4)nc32)C1. The van der Waals surface area contributed by atoms with Crippen LogP contribution in [-0.4, -0.2) is 54.6 Å². The van der Waals surface area contributed by atoms with Crippen molar-refractivity contribution in [1.82, 2.24) is 14.9 Å². The Labute approximate surface area is 193 Å². The Kier molecular flexibility index (Phi) is 4.84. The van der Waals surface area contributed by atoms with Crippen LogP contribution >= 0.6 is 0 Å². The van der Waals surface area contributed by atoms with Crippen molar-refractivity contribution >= 4 is 28.3 Å². The highest BCUT2D eigenvalue weighted by Crippen LogP contribution is 2.36. The zero-order chi connectivity index (χ0) is 22.5. The number of anilines is 2. The second-order valence-corrected chi connectivity index (χ2v) is 9.45. The van der Waals surface area contributed by atoms with Gasteiger partial charge < -0.3 is 19.7 Å². The van der Waals surface area contributed by atoms with Crippen molar-refractivity contribution in [3.05, 3.63) is 53.2 Å². The number of hydrogen-bond acceptors (Lipinski definition) is 6. The summed E-state index contributed by atoms with van der Waals surface area (Å²) in [5.41, 5.74) is 4.94. The number of ketones is 1. The Balaban J connectivity index is 1.21. The highest BCUT2D eigenvalue weighted by Gasteiger charge is 2.31. The van der Waals surface area contributed by atoms with Gasteiger partial charge in [0.15, 0.2) is 5.78 Å². The maximum absolute atomic E-state index is 11.9. The fourth-order valence-electron chi connectivity index (χ4n) is 5.54. The summed E-state index contributed by atoms with van der Waals surface area (Å²) in [5, 5.41) is 13.9. The lowest BCUT2D eigenvalue weighted by molar-refractivity contribution is 0.0994. The Morgan fingerprint density at radius 2 is 1.85 bits per heavy atom. The quantitative estimate of drug-likeness (QED) is 0.671. The Morgan fingerprint density at radius 1 is 1.06 bits per heavy atom. The van der Waals surface area contributed by atoms with Crippen LogP contribution in [0.2, 0.25) is 0 Å². The van der Waals surface area contributed by atoms with E-state index in [-0.39, 0.29) is 5.78 Å². The number of rotatable bonds is 4. The number of nitriles is 1. The second kappa shape index (κ2) is 7.89. The molecule has 7 nitrogen and oxygen atoms in total. The van der Waals surface area contributed by atoms with E-state index in [1.807, 2.05) is 19.3 Å². The molecule has 7 heteroatoms. The van der Waals surface area contributed by atoms with E-state index in [0.29, 0.717) is 24.1 Å². The number of aromatic nitrogens is 2. The number of nitrogens with one attached hydrogen (secondary N) is 1. The minimum Gasteiger partial charge on any atom is -0.368 e. The Bertz CT molecular complexity index is 1270. The van der Waals surface area contributed by atoms with Gasteiger partial charge in [-0.1, -0.05) is 0 Å². The molecule has 1 N–H and O–H groups in total. The zero-order valence-corrected chi connectivity index (χ0v) is 18.9. The van der Waals surface area contributed by atoms with Crippen LogP contribution in [0.3, 0.4) is 0 Å². The molecule has 2 aliphatic carbocycles. The van der Waals surface area contributed by atoms with Crippen LogP contribution in [-0.2, 0) is 6.42 Å². The van der Waals surface area contributed by atoms with Gasteiger partial charge in [-0.05, 0) is 62.2 Å². The second-order valence-electron chi connectivity index (χ2n) is 9.45. The van der Waals surface area contributed by atoms with Crippen molar-refractivity contribution in [2.45, 2.75) is 37.8 Å². The lowest BCUT2D eigenvalue weighted by Crippen LogP contribution is -2.46. The number of nitrogens with zero attached hydrogens (tertiary/aromatic N) is 5. The molecule has 168 valence electrons. The molecule has 6 rings (SSSR count).